The molecule has 236 valence electrons. The number of para-hydroxylation sites is 1. The minimum absolute atomic E-state index is 0.0577. The minimum Gasteiger partial charge on any atom is -0.494 e. The number of hydrogen-bond acceptors (Lipinski definition) is 8. The Balaban J connectivity index is 1.17. The Morgan fingerprint density at radius 2 is 1.67 bits per heavy atom. The maximum atomic E-state index is 13.5. The highest BCUT2D eigenvalue weighted by atomic mass is 32.2. The van der Waals surface area contributed by atoms with Crippen LogP contribution < -0.4 is 20.3 Å². The molecule has 0 bridgehead atoms. The molecular formula is C36H43N5O3S. The molecule has 9 heteroatoms. The summed E-state index contributed by atoms with van der Waals surface area (Å²) in [7, 11) is 4.00. The van der Waals surface area contributed by atoms with Crippen molar-refractivity contribution < 1.29 is 14.3 Å². The maximum Gasteiger partial charge on any atom is 0.233 e. The van der Waals surface area contributed by atoms with E-state index >= 15 is 0 Å². The molecule has 1 aromatic heterocycles. The average molecular weight is 626 g/mol. The van der Waals surface area contributed by atoms with Crippen LogP contribution in [-0.2, 0) is 4.79 Å². The lowest BCUT2D eigenvalue weighted by Crippen LogP contribution is -2.39. The molecule has 1 unspecified atom stereocenters. The third kappa shape index (κ3) is 8.75. The Kier molecular flexibility index (Phi) is 10.9. The summed E-state index contributed by atoms with van der Waals surface area (Å²) in [4.78, 5) is 39.3. The van der Waals surface area contributed by atoms with Crippen LogP contribution in [-0.4, -0.2) is 60.2 Å². The number of rotatable bonds is 13. The molecule has 1 aliphatic carbocycles. The van der Waals surface area contributed by atoms with Gasteiger partial charge in [0.15, 0.2) is 5.78 Å². The van der Waals surface area contributed by atoms with Crippen molar-refractivity contribution in [2.45, 2.75) is 62.1 Å². The minimum atomic E-state index is -0.527. The van der Waals surface area contributed by atoms with E-state index in [1.165, 1.54) is 11.8 Å². The molecule has 1 heterocycles. The smallest absolute Gasteiger partial charge is 0.233 e. The molecule has 1 amide bonds. The van der Waals surface area contributed by atoms with Gasteiger partial charge in [-0.3, -0.25) is 9.59 Å². The van der Waals surface area contributed by atoms with Crippen molar-refractivity contribution >= 4 is 46.1 Å². The number of anilines is 2. The lowest BCUT2D eigenvalue weighted by atomic mass is 9.86. The Labute approximate surface area is 270 Å². The van der Waals surface area contributed by atoms with Gasteiger partial charge in [0, 0.05) is 48.9 Å². The third-order valence-corrected chi connectivity index (χ3v) is 9.41. The standard InChI is InChI=1S/C36H43N5O3S/c1-5-44-28-18-14-26(15-19-28)32(42)22-33(45-29-20-10-24(2)11-21-29)35(43)37-23-25-12-16-27(17-13-25)38-36-39-31-9-7-6-8-30(31)34(40-36)41(3)4/h6-11,14-15,18-21,25,27,33H,5,12-13,16-17,22-23H2,1-4H3,(H,37,43)(H,38,39,40). The number of Topliss-reactive ketones (excluding diaryl/α,β-unsaturated/α-hetero) is 1. The fraction of sp³-hybridized carbons (Fsp3) is 0.389. The SMILES string of the molecule is CCOc1ccc(C(=O)CC(Sc2ccc(C)cc2)C(=O)NCC2CCC(Nc3nc(N(C)C)c4ccccc4n3)CC2)cc1. The number of fused-ring (bicyclic) bond motifs is 1. The van der Waals surface area contributed by atoms with Gasteiger partial charge in [-0.2, -0.15) is 4.98 Å². The van der Waals surface area contributed by atoms with Crippen molar-refractivity contribution in [1.82, 2.24) is 15.3 Å². The first-order valence-electron chi connectivity index (χ1n) is 15.8. The van der Waals surface area contributed by atoms with E-state index in [4.69, 9.17) is 14.7 Å². The van der Waals surface area contributed by atoms with Gasteiger partial charge >= 0.3 is 0 Å². The summed E-state index contributed by atoms with van der Waals surface area (Å²) in [6, 6.07) is 23.6. The molecule has 1 aliphatic rings. The van der Waals surface area contributed by atoms with Crippen molar-refractivity contribution in [1.29, 1.82) is 0 Å². The average Bonchev–Trinajstić information content (AvgIpc) is 3.05. The molecule has 45 heavy (non-hydrogen) atoms. The van der Waals surface area contributed by atoms with Crippen LogP contribution in [0.5, 0.6) is 5.75 Å². The summed E-state index contributed by atoms with van der Waals surface area (Å²) in [5.74, 6) is 2.51. The number of ether oxygens (including phenoxy) is 1. The van der Waals surface area contributed by atoms with Gasteiger partial charge in [0.05, 0.1) is 17.4 Å². The Morgan fingerprint density at radius 3 is 2.36 bits per heavy atom. The number of nitrogens with one attached hydrogen (secondary N) is 2. The number of nitrogens with zero attached hydrogens (tertiary/aromatic N) is 3. The van der Waals surface area contributed by atoms with Gasteiger partial charge in [0.2, 0.25) is 11.9 Å². The lowest BCUT2D eigenvalue weighted by Gasteiger charge is -2.30. The van der Waals surface area contributed by atoms with E-state index in [0.717, 1.165) is 58.6 Å². The highest BCUT2D eigenvalue weighted by molar-refractivity contribution is 8.00. The van der Waals surface area contributed by atoms with E-state index in [1.54, 1.807) is 24.3 Å². The second-order valence-electron chi connectivity index (χ2n) is 11.9. The van der Waals surface area contributed by atoms with Gasteiger partial charge in [0.1, 0.15) is 11.6 Å². The van der Waals surface area contributed by atoms with Gasteiger partial charge in [-0.05, 0) is 94.0 Å². The third-order valence-electron chi connectivity index (χ3n) is 8.20. The van der Waals surface area contributed by atoms with Crippen LogP contribution in [0.15, 0.2) is 77.7 Å². The van der Waals surface area contributed by atoms with Crippen LogP contribution in [0.2, 0.25) is 0 Å². The van der Waals surface area contributed by atoms with Gasteiger partial charge in [0.25, 0.3) is 0 Å². The van der Waals surface area contributed by atoms with Crippen LogP contribution in [0, 0.1) is 12.8 Å². The first kappa shape index (κ1) is 32.3. The quantitative estimate of drug-likeness (QED) is 0.122. The predicted molar refractivity (Wildman–Crippen MR) is 184 cm³/mol. The van der Waals surface area contributed by atoms with Crippen LogP contribution >= 0.6 is 11.8 Å². The van der Waals surface area contributed by atoms with Crippen molar-refractivity contribution in [2.75, 3.05) is 37.5 Å². The molecule has 0 saturated heterocycles. The Morgan fingerprint density at radius 1 is 0.956 bits per heavy atom. The molecule has 0 radical (unpaired) electrons. The van der Waals surface area contributed by atoms with Crippen LogP contribution in [0.1, 0.15) is 54.9 Å². The van der Waals surface area contributed by atoms with E-state index in [2.05, 4.69) is 10.6 Å². The largest absolute Gasteiger partial charge is 0.494 e. The number of hydrogen-bond donors (Lipinski definition) is 2. The van der Waals surface area contributed by atoms with E-state index in [-0.39, 0.29) is 24.2 Å². The number of carbonyl (C=O) groups is 2. The molecule has 0 spiro atoms. The predicted octanol–water partition coefficient (Wildman–Crippen LogP) is 6.92. The highest BCUT2D eigenvalue weighted by Crippen LogP contribution is 2.30. The number of thioether (sulfide) groups is 1. The summed E-state index contributed by atoms with van der Waals surface area (Å²) < 4.78 is 5.51. The summed E-state index contributed by atoms with van der Waals surface area (Å²) in [6.45, 7) is 5.13. The fourth-order valence-corrected chi connectivity index (χ4v) is 6.72. The normalized spacial score (nSPS) is 17.0. The zero-order chi connectivity index (χ0) is 31.8. The van der Waals surface area contributed by atoms with Crippen molar-refractivity contribution in [3.05, 3.63) is 83.9 Å². The highest BCUT2D eigenvalue weighted by Gasteiger charge is 2.27. The summed E-state index contributed by atoms with van der Waals surface area (Å²) in [5, 5.41) is 7.26. The molecule has 1 fully saturated rings. The molecule has 3 aromatic carbocycles. The first-order chi connectivity index (χ1) is 21.8. The van der Waals surface area contributed by atoms with Crippen LogP contribution in [0.25, 0.3) is 10.9 Å². The molecule has 8 nitrogen and oxygen atoms in total. The Hall–Kier alpha value is -4.11. The molecule has 1 saturated carbocycles. The fourth-order valence-electron chi connectivity index (χ4n) is 5.68. The van der Waals surface area contributed by atoms with Crippen LogP contribution in [0.4, 0.5) is 11.8 Å². The summed E-state index contributed by atoms with van der Waals surface area (Å²) in [6.07, 6.45) is 4.06. The zero-order valence-corrected chi connectivity index (χ0v) is 27.4. The molecular weight excluding hydrogens is 582 g/mol. The number of ketones is 1. The number of amides is 1. The Bertz CT molecular complexity index is 1590. The summed E-state index contributed by atoms with van der Waals surface area (Å²) in [5.41, 5.74) is 2.66. The topological polar surface area (TPSA) is 96.5 Å². The van der Waals surface area contributed by atoms with E-state index in [0.29, 0.717) is 30.6 Å². The van der Waals surface area contributed by atoms with Crippen molar-refractivity contribution in [3.63, 3.8) is 0 Å². The molecule has 5 rings (SSSR count). The number of benzene rings is 3. The van der Waals surface area contributed by atoms with E-state index < -0.39 is 5.25 Å². The summed E-state index contributed by atoms with van der Waals surface area (Å²) >= 11 is 1.45. The van der Waals surface area contributed by atoms with Gasteiger partial charge < -0.3 is 20.3 Å². The second kappa shape index (κ2) is 15.3. The van der Waals surface area contributed by atoms with Crippen LogP contribution in [0.3, 0.4) is 0 Å². The number of aromatic nitrogens is 2. The molecule has 2 N–H and O–H groups in total. The van der Waals surface area contributed by atoms with Gasteiger partial charge in [-0.25, -0.2) is 4.98 Å². The lowest BCUT2D eigenvalue weighted by molar-refractivity contribution is -0.120. The maximum absolute atomic E-state index is 13.5. The second-order valence-corrected chi connectivity index (χ2v) is 13.2. The monoisotopic (exact) mass is 625 g/mol. The van der Waals surface area contributed by atoms with Gasteiger partial charge in [-0.1, -0.05) is 29.8 Å². The van der Waals surface area contributed by atoms with E-state index in [1.807, 2.05) is 81.4 Å². The molecule has 1 atom stereocenters. The number of carbonyl (C=O) groups excluding carboxylic acids is 2. The number of aryl methyl sites for hydroxylation is 1. The first-order valence-corrected chi connectivity index (χ1v) is 16.6. The molecule has 4 aromatic rings. The zero-order valence-electron chi connectivity index (χ0n) is 26.6. The van der Waals surface area contributed by atoms with Gasteiger partial charge in [-0.15, -0.1) is 11.8 Å². The van der Waals surface area contributed by atoms with Crippen molar-refractivity contribution in [3.8, 4) is 5.75 Å². The molecule has 0 aliphatic heterocycles. The van der Waals surface area contributed by atoms with Crippen molar-refractivity contribution in [2.24, 2.45) is 5.92 Å². The van der Waals surface area contributed by atoms with E-state index in [9.17, 15) is 9.59 Å².